The highest BCUT2D eigenvalue weighted by atomic mass is 31.2. The van der Waals surface area contributed by atoms with Gasteiger partial charge >= 0.3 is 0 Å². The van der Waals surface area contributed by atoms with Gasteiger partial charge in [0.25, 0.3) is 0 Å². The van der Waals surface area contributed by atoms with Crippen molar-refractivity contribution in [2.24, 2.45) is 0 Å². The lowest BCUT2D eigenvalue weighted by Gasteiger charge is -2.45. The van der Waals surface area contributed by atoms with Gasteiger partial charge in [0.15, 0.2) is 0 Å². The molecule has 0 amide bonds. The minimum atomic E-state index is -2.38. The van der Waals surface area contributed by atoms with Crippen LogP contribution in [0.15, 0.2) is 0 Å². The van der Waals surface area contributed by atoms with Crippen molar-refractivity contribution < 1.29 is 4.57 Å². The minimum absolute atomic E-state index is 0.792. The SMILES string of the molecule is CN1CCN(CP(=O)(N2CCCCC2)N2CCCCC2)CC1. The summed E-state index contributed by atoms with van der Waals surface area (Å²) in [7, 11) is -0.198. The van der Waals surface area contributed by atoms with E-state index in [9.17, 15) is 4.57 Å². The van der Waals surface area contributed by atoms with Crippen LogP contribution in [0, 0.1) is 0 Å². The Kier molecular flexibility index (Phi) is 5.97. The summed E-state index contributed by atoms with van der Waals surface area (Å²) in [5.41, 5.74) is 0. The second kappa shape index (κ2) is 7.76. The molecule has 0 N–H and O–H groups in total. The van der Waals surface area contributed by atoms with E-state index in [0.717, 1.165) is 58.6 Å². The molecule has 0 saturated carbocycles. The zero-order valence-electron chi connectivity index (χ0n) is 14.3. The first kappa shape index (κ1) is 16.9. The first-order valence-corrected chi connectivity index (χ1v) is 11.0. The molecule has 0 aliphatic carbocycles. The molecule has 0 unspecified atom stereocenters. The van der Waals surface area contributed by atoms with Crippen molar-refractivity contribution in [2.45, 2.75) is 38.5 Å². The van der Waals surface area contributed by atoms with Gasteiger partial charge in [-0.15, -0.1) is 0 Å². The molecule has 0 spiro atoms. The van der Waals surface area contributed by atoms with Crippen LogP contribution in [0.5, 0.6) is 0 Å². The Hall–Kier alpha value is 0.0700. The second-order valence-electron chi connectivity index (χ2n) is 7.26. The third-order valence-electron chi connectivity index (χ3n) is 5.53. The van der Waals surface area contributed by atoms with Crippen molar-refractivity contribution in [3.63, 3.8) is 0 Å². The fourth-order valence-electron chi connectivity index (χ4n) is 3.99. The number of hydrogen-bond donors (Lipinski definition) is 0. The van der Waals surface area contributed by atoms with E-state index >= 15 is 0 Å². The monoisotopic (exact) mass is 328 g/mol. The highest BCUT2D eigenvalue weighted by Gasteiger charge is 2.39. The molecule has 6 heteroatoms. The van der Waals surface area contributed by atoms with Crippen LogP contribution < -0.4 is 0 Å². The number of rotatable bonds is 4. The van der Waals surface area contributed by atoms with Gasteiger partial charge in [0.1, 0.15) is 0 Å². The van der Waals surface area contributed by atoms with Crippen molar-refractivity contribution in [1.29, 1.82) is 0 Å². The standard InChI is InChI=1S/C16H33N4OP/c1-17-12-14-18(15-13-17)16-22(21,19-8-4-2-5-9-19)20-10-6-3-7-11-20/h2-16H2,1H3. The summed E-state index contributed by atoms with van der Waals surface area (Å²) in [6.45, 7) is 8.54. The van der Waals surface area contributed by atoms with Crippen molar-refractivity contribution in [3.05, 3.63) is 0 Å². The first-order valence-electron chi connectivity index (χ1n) is 9.19. The van der Waals surface area contributed by atoms with Crippen molar-refractivity contribution in [3.8, 4) is 0 Å². The van der Waals surface area contributed by atoms with Gasteiger partial charge in [0.05, 0.1) is 6.29 Å². The Labute approximate surface area is 136 Å². The average molecular weight is 328 g/mol. The summed E-state index contributed by atoms with van der Waals surface area (Å²) in [5, 5.41) is 0. The second-order valence-corrected chi connectivity index (χ2v) is 10.00. The molecule has 0 aromatic rings. The van der Waals surface area contributed by atoms with Crippen LogP contribution in [0.4, 0.5) is 0 Å². The third kappa shape index (κ3) is 3.93. The molecule has 3 fully saturated rings. The molecule has 5 nitrogen and oxygen atoms in total. The van der Waals surface area contributed by atoms with E-state index in [1.54, 1.807) is 0 Å². The van der Waals surface area contributed by atoms with Crippen LogP contribution in [0.1, 0.15) is 38.5 Å². The Morgan fingerprint density at radius 2 is 1.14 bits per heavy atom. The smallest absolute Gasteiger partial charge is 0.230 e. The molecule has 22 heavy (non-hydrogen) atoms. The molecule has 0 aromatic heterocycles. The highest BCUT2D eigenvalue weighted by Crippen LogP contribution is 2.55. The summed E-state index contributed by atoms with van der Waals surface area (Å²) in [6.07, 6.45) is 8.30. The lowest BCUT2D eigenvalue weighted by molar-refractivity contribution is 0.163. The topological polar surface area (TPSA) is 30.0 Å². The summed E-state index contributed by atoms with van der Waals surface area (Å²) >= 11 is 0. The van der Waals surface area contributed by atoms with E-state index < -0.39 is 7.44 Å². The van der Waals surface area contributed by atoms with Gasteiger partial charge < -0.3 is 4.90 Å². The number of piperidine rings is 2. The quantitative estimate of drug-likeness (QED) is 0.739. The Morgan fingerprint density at radius 3 is 1.59 bits per heavy atom. The van der Waals surface area contributed by atoms with Crippen LogP contribution >= 0.6 is 7.44 Å². The first-order chi connectivity index (χ1) is 10.7. The molecule has 0 aromatic carbocycles. The lowest BCUT2D eigenvalue weighted by Crippen LogP contribution is -2.48. The number of nitrogens with zero attached hydrogens (tertiary/aromatic N) is 4. The maximum Gasteiger partial charge on any atom is 0.230 e. The fraction of sp³-hybridized carbons (Fsp3) is 1.00. The molecular weight excluding hydrogens is 295 g/mol. The van der Waals surface area contributed by atoms with E-state index in [1.165, 1.54) is 38.5 Å². The maximum atomic E-state index is 14.1. The van der Waals surface area contributed by atoms with E-state index in [1.807, 2.05) is 0 Å². The predicted octanol–water partition coefficient (Wildman–Crippen LogP) is 2.36. The van der Waals surface area contributed by atoms with Gasteiger partial charge in [-0.1, -0.05) is 12.8 Å². The molecular formula is C16H33N4OP. The summed E-state index contributed by atoms with van der Waals surface area (Å²) < 4.78 is 18.8. The molecule has 0 radical (unpaired) electrons. The Bertz CT molecular complexity index is 364. The average Bonchev–Trinajstić information content (AvgIpc) is 2.58. The van der Waals surface area contributed by atoms with Crippen molar-refractivity contribution in [1.82, 2.24) is 19.1 Å². The predicted molar refractivity (Wildman–Crippen MR) is 92.4 cm³/mol. The largest absolute Gasteiger partial charge is 0.304 e. The fourth-order valence-corrected chi connectivity index (χ4v) is 7.32. The molecule has 128 valence electrons. The van der Waals surface area contributed by atoms with Gasteiger partial charge in [-0.2, -0.15) is 0 Å². The molecule has 0 bridgehead atoms. The maximum absolute atomic E-state index is 14.1. The summed E-state index contributed by atoms with van der Waals surface area (Å²) in [5.74, 6) is 0. The summed E-state index contributed by atoms with van der Waals surface area (Å²) in [4.78, 5) is 4.84. The highest BCUT2D eigenvalue weighted by molar-refractivity contribution is 7.59. The molecule has 3 aliphatic rings. The van der Waals surface area contributed by atoms with Crippen LogP contribution in [-0.2, 0) is 4.57 Å². The van der Waals surface area contributed by atoms with Gasteiger partial charge in [0, 0.05) is 52.4 Å². The van der Waals surface area contributed by atoms with E-state index in [4.69, 9.17) is 0 Å². The number of piperazine rings is 1. The number of hydrogen-bond acceptors (Lipinski definition) is 3. The van der Waals surface area contributed by atoms with Crippen molar-refractivity contribution >= 4 is 7.44 Å². The minimum Gasteiger partial charge on any atom is -0.304 e. The normalized spacial score (nSPS) is 28.0. The molecule has 3 saturated heterocycles. The van der Waals surface area contributed by atoms with Crippen LogP contribution in [0.2, 0.25) is 0 Å². The lowest BCUT2D eigenvalue weighted by atomic mass is 10.2. The van der Waals surface area contributed by atoms with Gasteiger partial charge in [-0.25, -0.2) is 9.34 Å². The Morgan fingerprint density at radius 1 is 0.682 bits per heavy atom. The number of likely N-dealkylation sites (N-methyl/N-ethyl adjacent to an activating group) is 1. The zero-order valence-corrected chi connectivity index (χ0v) is 15.1. The van der Waals surface area contributed by atoms with Crippen LogP contribution in [0.25, 0.3) is 0 Å². The van der Waals surface area contributed by atoms with Gasteiger partial charge in [-0.05, 0) is 32.7 Å². The molecule has 3 heterocycles. The van der Waals surface area contributed by atoms with Crippen molar-refractivity contribution in [2.75, 3.05) is 65.7 Å². The van der Waals surface area contributed by atoms with Gasteiger partial charge in [0.2, 0.25) is 7.44 Å². The molecule has 3 rings (SSSR count). The molecule has 0 atom stereocenters. The third-order valence-corrected chi connectivity index (χ3v) is 8.87. The van der Waals surface area contributed by atoms with E-state index in [2.05, 4.69) is 26.2 Å². The van der Waals surface area contributed by atoms with E-state index in [-0.39, 0.29) is 0 Å². The van der Waals surface area contributed by atoms with Crippen LogP contribution in [0.3, 0.4) is 0 Å². The van der Waals surface area contributed by atoms with Crippen LogP contribution in [-0.4, -0.2) is 84.8 Å². The summed E-state index contributed by atoms with van der Waals surface area (Å²) in [6, 6.07) is 0. The molecule has 3 aliphatic heterocycles. The van der Waals surface area contributed by atoms with Gasteiger partial charge in [-0.3, -0.25) is 9.46 Å². The zero-order chi connectivity index (χ0) is 15.4. The Balaban J connectivity index is 1.71. The van der Waals surface area contributed by atoms with E-state index in [0.29, 0.717) is 0 Å².